The highest BCUT2D eigenvalue weighted by Crippen LogP contribution is 2.32. The van der Waals surface area contributed by atoms with Crippen LogP contribution in [-0.4, -0.2) is 25.1 Å². The van der Waals surface area contributed by atoms with Crippen LogP contribution in [0, 0.1) is 16.1 Å². The molecule has 0 unspecified atom stereocenters. The Morgan fingerprint density at radius 1 is 1.24 bits per heavy atom. The number of halogens is 3. The lowest BCUT2D eigenvalue weighted by Gasteiger charge is -2.20. The maximum absolute atomic E-state index is 12.9. The van der Waals surface area contributed by atoms with E-state index in [-0.39, 0.29) is 33.3 Å². The second kappa shape index (κ2) is 7.00. The van der Waals surface area contributed by atoms with Gasteiger partial charge in [-0.25, -0.2) is 9.97 Å². The molecule has 0 saturated carbocycles. The number of nitrogens with zero attached hydrogens (tertiary/aromatic N) is 5. The van der Waals surface area contributed by atoms with E-state index in [2.05, 4.69) is 15.0 Å². The Labute approximate surface area is 165 Å². The maximum atomic E-state index is 12.9. The van der Waals surface area contributed by atoms with Crippen molar-refractivity contribution >= 4 is 21.8 Å². The molecule has 0 spiro atoms. The van der Waals surface area contributed by atoms with E-state index in [1.807, 2.05) is 6.07 Å². The summed E-state index contributed by atoms with van der Waals surface area (Å²) in [5.74, 6) is 0.209. The van der Waals surface area contributed by atoms with Gasteiger partial charge in [-0.05, 0) is 26.0 Å². The van der Waals surface area contributed by atoms with E-state index in [0.717, 1.165) is 6.07 Å². The number of ether oxygens (including phenoxy) is 1. The van der Waals surface area contributed by atoms with E-state index >= 15 is 0 Å². The molecule has 3 aromatic heterocycles. The van der Waals surface area contributed by atoms with Crippen LogP contribution in [0.2, 0.25) is 0 Å². The van der Waals surface area contributed by atoms with Gasteiger partial charge in [0.05, 0.1) is 17.5 Å². The first-order valence-corrected chi connectivity index (χ1v) is 9.21. The number of pyridine rings is 2. The van der Waals surface area contributed by atoms with E-state index in [4.69, 9.17) is 14.8 Å². The average Bonchev–Trinajstić information content (AvgIpc) is 2.96. The number of aromatic nitrogens is 4. The first-order valence-electron chi connectivity index (χ1n) is 8.06. The summed E-state index contributed by atoms with van der Waals surface area (Å²) in [4.78, 5) is 12.0. The molecule has 0 amide bonds. The van der Waals surface area contributed by atoms with Gasteiger partial charge in [0.2, 0.25) is 0 Å². The molecule has 0 aliphatic rings. The monoisotopic (exact) mass is 423 g/mol. The molecule has 3 rings (SSSR count). The summed E-state index contributed by atoms with van der Waals surface area (Å²) in [6.07, 6.45) is -2.61. The SMILES string of the molecule is Cn1c(-c2ncc(OC(C)(C)C#N)cc2[S-](=N)=O)nc2cc(C(F)(F)F)cnc21. The van der Waals surface area contributed by atoms with Crippen molar-refractivity contribution in [2.45, 2.75) is 30.5 Å². The zero-order chi connectivity index (χ0) is 21.6. The Morgan fingerprint density at radius 2 is 1.93 bits per heavy atom. The van der Waals surface area contributed by atoms with Gasteiger partial charge in [0, 0.05) is 13.2 Å². The van der Waals surface area contributed by atoms with E-state index in [9.17, 15) is 17.4 Å². The molecule has 12 heteroatoms. The molecule has 0 aliphatic heterocycles. The second-order valence-corrected chi connectivity index (χ2v) is 7.55. The van der Waals surface area contributed by atoms with Crippen LogP contribution in [0.1, 0.15) is 19.4 Å². The number of imidazole rings is 1. The molecule has 0 saturated heterocycles. The lowest BCUT2D eigenvalue weighted by Crippen LogP contribution is -2.25. The van der Waals surface area contributed by atoms with E-state index in [1.165, 1.54) is 37.7 Å². The maximum Gasteiger partial charge on any atom is 0.417 e. The van der Waals surface area contributed by atoms with Gasteiger partial charge in [0.1, 0.15) is 17.3 Å². The average molecular weight is 423 g/mol. The van der Waals surface area contributed by atoms with Gasteiger partial charge in [-0.3, -0.25) is 4.98 Å². The summed E-state index contributed by atoms with van der Waals surface area (Å²) in [6, 6.07) is 4.09. The minimum absolute atomic E-state index is 0.0215. The fourth-order valence-electron chi connectivity index (χ4n) is 2.55. The molecule has 0 atom stereocenters. The van der Waals surface area contributed by atoms with Gasteiger partial charge in [-0.15, -0.1) is 0 Å². The number of rotatable bonds is 4. The van der Waals surface area contributed by atoms with Crippen LogP contribution in [0.4, 0.5) is 13.2 Å². The Kier molecular flexibility index (Phi) is 4.96. The molecule has 1 N–H and O–H groups in total. The van der Waals surface area contributed by atoms with Crippen LogP contribution >= 0.6 is 0 Å². The smallest absolute Gasteiger partial charge is 0.417 e. The van der Waals surface area contributed by atoms with Crippen molar-refractivity contribution in [1.82, 2.24) is 19.5 Å². The van der Waals surface area contributed by atoms with Gasteiger partial charge in [0.25, 0.3) is 0 Å². The van der Waals surface area contributed by atoms with Crippen molar-refractivity contribution in [3.8, 4) is 23.3 Å². The van der Waals surface area contributed by atoms with E-state index in [0.29, 0.717) is 6.20 Å². The van der Waals surface area contributed by atoms with Crippen LogP contribution in [0.15, 0.2) is 29.4 Å². The quantitative estimate of drug-likeness (QED) is 0.638. The summed E-state index contributed by atoms with van der Waals surface area (Å²) in [7, 11) is -0.739. The standard InChI is InChI=1S/C17H14F3N6O2S/c1-16(2,8-21)28-10-5-12(29(22)27)13(23-7-10)15-25-11-4-9(17(18,19)20)6-24-14(11)26(15)3/h4-7,22H,1-3H3/q-1. The number of aryl methyl sites for hydroxylation is 1. The zero-order valence-electron chi connectivity index (χ0n) is 15.4. The van der Waals surface area contributed by atoms with Crippen molar-refractivity contribution in [3.05, 3.63) is 30.1 Å². The molecule has 0 bridgehead atoms. The summed E-state index contributed by atoms with van der Waals surface area (Å²) < 4.78 is 65.2. The number of fused-ring (bicyclic) bond motifs is 1. The molecule has 3 heterocycles. The molecule has 0 fully saturated rings. The van der Waals surface area contributed by atoms with Crippen molar-refractivity contribution < 1.29 is 22.1 Å². The highest BCUT2D eigenvalue weighted by atomic mass is 32.2. The minimum atomic E-state index is -4.57. The fourth-order valence-corrected chi connectivity index (χ4v) is 3.09. The molecule has 3 aromatic rings. The first-order chi connectivity index (χ1) is 13.4. The highest BCUT2D eigenvalue weighted by Gasteiger charge is 2.32. The number of hydrogen-bond acceptors (Lipinski definition) is 8. The predicted octanol–water partition coefficient (Wildman–Crippen LogP) is 3.82. The van der Waals surface area contributed by atoms with Crippen molar-refractivity contribution in [2.75, 3.05) is 0 Å². The van der Waals surface area contributed by atoms with Crippen LogP contribution in [0.25, 0.3) is 22.7 Å². The van der Waals surface area contributed by atoms with Crippen LogP contribution in [-0.2, 0) is 28.0 Å². The van der Waals surface area contributed by atoms with Crippen LogP contribution in [0.3, 0.4) is 0 Å². The molecule has 0 aromatic carbocycles. The van der Waals surface area contributed by atoms with E-state index in [1.54, 1.807) is 0 Å². The number of hydrogen-bond donors (Lipinski definition) is 1. The molecular weight excluding hydrogens is 409 g/mol. The zero-order valence-corrected chi connectivity index (χ0v) is 16.2. The fraction of sp³-hybridized carbons (Fsp3) is 0.294. The third kappa shape index (κ3) is 4.00. The van der Waals surface area contributed by atoms with Crippen molar-refractivity contribution in [3.63, 3.8) is 0 Å². The van der Waals surface area contributed by atoms with Crippen LogP contribution < -0.4 is 4.74 Å². The molecule has 8 nitrogen and oxygen atoms in total. The van der Waals surface area contributed by atoms with Gasteiger partial charge in [0.15, 0.2) is 17.1 Å². The Balaban J connectivity index is 2.16. The molecule has 0 radical (unpaired) electrons. The number of nitrogens with one attached hydrogen (secondary N) is 1. The van der Waals surface area contributed by atoms with Crippen molar-refractivity contribution in [1.29, 1.82) is 10.0 Å². The molecule has 152 valence electrons. The molecule has 0 aliphatic carbocycles. The van der Waals surface area contributed by atoms with Crippen molar-refractivity contribution in [2.24, 2.45) is 7.05 Å². The second-order valence-electron chi connectivity index (χ2n) is 6.57. The minimum Gasteiger partial charge on any atom is -0.471 e. The normalized spacial score (nSPS) is 12.3. The Morgan fingerprint density at radius 3 is 2.52 bits per heavy atom. The van der Waals surface area contributed by atoms with Gasteiger partial charge in [-0.2, -0.15) is 29.0 Å². The van der Waals surface area contributed by atoms with E-state index < -0.39 is 27.9 Å². The summed E-state index contributed by atoms with van der Waals surface area (Å²) in [5, 5.41) is 9.07. The molecule has 29 heavy (non-hydrogen) atoms. The van der Waals surface area contributed by atoms with Crippen LogP contribution in [0.5, 0.6) is 5.75 Å². The Hall–Kier alpha value is -3.20. The lowest BCUT2D eigenvalue weighted by molar-refractivity contribution is -0.137. The third-order valence-electron chi connectivity index (χ3n) is 3.92. The predicted molar refractivity (Wildman–Crippen MR) is 96.1 cm³/mol. The van der Waals surface area contributed by atoms with Gasteiger partial charge < -0.3 is 18.3 Å². The summed E-state index contributed by atoms with van der Waals surface area (Å²) in [6.45, 7) is 3.04. The summed E-state index contributed by atoms with van der Waals surface area (Å²) in [5.41, 5.74) is -1.95. The Bertz CT molecular complexity index is 1220. The number of alkyl halides is 3. The largest absolute Gasteiger partial charge is 0.471 e. The van der Waals surface area contributed by atoms with Gasteiger partial charge in [-0.1, -0.05) is 4.90 Å². The molecular formula is C17H14F3N6O2S-. The first kappa shape index (κ1) is 20.5. The lowest BCUT2D eigenvalue weighted by atomic mass is 10.2. The highest BCUT2D eigenvalue weighted by molar-refractivity contribution is 7.73. The van der Waals surface area contributed by atoms with Gasteiger partial charge >= 0.3 is 6.18 Å². The topological polar surface area (TPSA) is 118 Å². The third-order valence-corrected chi connectivity index (χ3v) is 4.63. The summed E-state index contributed by atoms with van der Waals surface area (Å²) >= 11 is 0. The number of nitriles is 1.